The molecule has 0 N–H and O–H groups in total. The second-order valence-corrected chi connectivity index (χ2v) is 10.4. The average Bonchev–Trinajstić information content (AvgIpc) is 3.42. The van der Waals surface area contributed by atoms with Gasteiger partial charge in [-0.3, -0.25) is 9.97 Å². The molecule has 5 aromatic heterocycles. The molecule has 0 unspecified atom stereocenters. The molecule has 5 heteroatoms. The molecule has 8 aromatic rings. The van der Waals surface area contributed by atoms with Crippen molar-refractivity contribution in [3.63, 3.8) is 0 Å². The zero-order valence-corrected chi connectivity index (χ0v) is 23.2. The Morgan fingerprint density at radius 1 is 0.395 bits per heavy atom. The average molecular weight is 552 g/mol. The number of para-hydroxylation sites is 1. The van der Waals surface area contributed by atoms with Crippen LogP contribution in [0.1, 0.15) is 0 Å². The molecule has 0 fully saturated rings. The molecular weight excluding hydrogens is 526 g/mol. The summed E-state index contributed by atoms with van der Waals surface area (Å²) in [5.74, 6) is 0. The zero-order chi connectivity index (χ0) is 28.6. The second-order valence-electron chi connectivity index (χ2n) is 10.4. The van der Waals surface area contributed by atoms with E-state index in [1.54, 1.807) is 12.4 Å². The summed E-state index contributed by atoms with van der Waals surface area (Å²) in [5.41, 5.74) is 11.2. The Balaban J connectivity index is 1.31. The van der Waals surface area contributed by atoms with E-state index in [9.17, 15) is 0 Å². The molecule has 5 heterocycles. The molecule has 5 nitrogen and oxygen atoms in total. The lowest BCUT2D eigenvalue weighted by Gasteiger charge is -2.09. The standard InChI is InChI=1S/C38H25N5/c1-2-10-30(11-3-1)43-37-18-16-26(33-12-4-14-35(41-33)28-8-6-20-39-24-28)22-31(37)32-23-27(17-19-38(32)43)34-13-5-15-36(42-34)29-9-7-21-40-25-29/h1-25H. The maximum Gasteiger partial charge on any atom is 0.0725 e. The van der Waals surface area contributed by atoms with E-state index in [0.29, 0.717) is 0 Å². The van der Waals surface area contributed by atoms with Gasteiger partial charge in [0.25, 0.3) is 0 Å². The molecule has 0 aliphatic heterocycles. The monoisotopic (exact) mass is 551 g/mol. The number of aromatic nitrogens is 5. The van der Waals surface area contributed by atoms with Crippen LogP contribution in [0.2, 0.25) is 0 Å². The molecular formula is C38H25N5. The van der Waals surface area contributed by atoms with Crippen LogP contribution in [0.25, 0.3) is 72.5 Å². The third kappa shape index (κ3) is 4.53. The molecule has 0 aliphatic rings. The van der Waals surface area contributed by atoms with E-state index in [0.717, 1.165) is 72.5 Å². The number of hydrogen-bond donors (Lipinski definition) is 0. The normalized spacial score (nSPS) is 11.3. The first-order valence-electron chi connectivity index (χ1n) is 14.2. The smallest absolute Gasteiger partial charge is 0.0725 e. The van der Waals surface area contributed by atoms with Crippen molar-refractivity contribution in [2.45, 2.75) is 0 Å². The maximum absolute atomic E-state index is 5.01. The highest BCUT2D eigenvalue weighted by Crippen LogP contribution is 2.37. The first kappa shape index (κ1) is 24.8. The summed E-state index contributed by atoms with van der Waals surface area (Å²) in [6, 6.07) is 44.0. The Labute approximate surface area is 248 Å². The van der Waals surface area contributed by atoms with Gasteiger partial charge in [0.15, 0.2) is 0 Å². The molecule has 202 valence electrons. The lowest BCUT2D eigenvalue weighted by atomic mass is 10.0. The Morgan fingerprint density at radius 3 is 1.35 bits per heavy atom. The van der Waals surface area contributed by atoms with E-state index in [-0.39, 0.29) is 0 Å². The number of benzene rings is 3. The van der Waals surface area contributed by atoms with Crippen molar-refractivity contribution in [1.29, 1.82) is 0 Å². The summed E-state index contributed by atoms with van der Waals surface area (Å²) >= 11 is 0. The maximum atomic E-state index is 5.01. The van der Waals surface area contributed by atoms with Gasteiger partial charge in [0.05, 0.1) is 33.8 Å². The quantitative estimate of drug-likeness (QED) is 0.214. The minimum absolute atomic E-state index is 0.902. The molecule has 0 bridgehead atoms. The number of nitrogens with zero attached hydrogens (tertiary/aromatic N) is 5. The van der Waals surface area contributed by atoms with Crippen LogP contribution < -0.4 is 0 Å². The van der Waals surface area contributed by atoms with Crippen LogP contribution in [0.3, 0.4) is 0 Å². The van der Waals surface area contributed by atoms with Crippen molar-refractivity contribution in [2.24, 2.45) is 0 Å². The molecule has 0 saturated carbocycles. The Hall–Kier alpha value is -5.94. The van der Waals surface area contributed by atoms with Gasteiger partial charge in [-0.2, -0.15) is 0 Å². The SMILES string of the molecule is c1ccc(-n2c3ccc(-c4cccc(-c5cccnc5)n4)cc3c3cc(-c4cccc(-c5cccnc5)n4)ccc32)cc1. The van der Waals surface area contributed by atoms with Crippen molar-refractivity contribution in [2.75, 3.05) is 0 Å². The third-order valence-corrected chi connectivity index (χ3v) is 7.78. The minimum atomic E-state index is 0.902. The van der Waals surface area contributed by atoms with Crippen LogP contribution in [-0.2, 0) is 0 Å². The summed E-state index contributed by atoms with van der Waals surface area (Å²) in [5, 5.41) is 2.32. The van der Waals surface area contributed by atoms with Gasteiger partial charge in [0, 0.05) is 63.5 Å². The molecule has 0 atom stereocenters. The van der Waals surface area contributed by atoms with Crippen molar-refractivity contribution in [3.8, 4) is 50.7 Å². The Bertz CT molecular complexity index is 2080. The summed E-state index contributed by atoms with van der Waals surface area (Å²) < 4.78 is 2.33. The van der Waals surface area contributed by atoms with Crippen LogP contribution in [0.15, 0.2) is 152 Å². The summed E-state index contributed by atoms with van der Waals surface area (Å²) in [4.78, 5) is 18.6. The van der Waals surface area contributed by atoms with Crippen LogP contribution in [0.5, 0.6) is 0 Å². The summed E-state index contributed by atoms with van der Waals surface area (Å²) in [7, 11) is 0. The van der Waals surface area contributed by atoms with Gasteiger partial charge in [-0.25, -0.2) is 9.97 Å². The summed E-state index contributed by atoms with van der Waals surface area (Å²) in [6.07, 6.45) is 7.26. The van der Waals surface area contributed by atoms with Gasteiger partial charge >= 0.3 is 0 Å². The number of rotatable bonds is 5. The van der Waals surface area contributed by atoms with E-state index in [1.165, 1.54) is 0 Å². The molecule has 0 amide bonds. The van der Waals surface area contributed by atoms with Gasteiger partial charge in [0.1, 0.15) is 0 Å². The van der Waals surface area contributed by atoms with Crippen LogP contribution >= 0.6 is 0 Å². The van der Waals surface area contributed by atoms with E-state index in [2.05, 4.69) is 106 Å². The fourth-order valence-electron chi connectivity index (χ4n) is 5.74. The molecule has 3 aromatic carbocycles. The largest absolute Gasteiger partial charge is 0.309 e. The Morgan fingerprint density at radius 2 is 0.884 bits per heavy atom. The summed E-state index contributed by atoms with van der Waals surface area (Å²) in [6.45, 7) is 0. The molecule has 0 spiro atoms. The molecule has 8 rings (SSSR count). The Kier molecular flexibility index (Phi) is 6.05. The van der Waals surface area contributed by atoms with Gasteiger partial charge in [-0.05, 0) is 84.9 Å². The molecule has 0 saturated heterocycles. The van der Waals surface area contributed by atoms with Gasteiger partial charge in [-0.15, -0.1) is 0 Å². The highest BCUT2D eigenvalue weighted by molar-refractivity contribution is 6.11. The highest BCUT2D eigenvalue weighted by atomic mass is 15.0. The van der Waals surface area contributed by atoms with E-state index in [4.69, 9.17) is 9.97 Å². The van der Waals surface area contributed by atoms with Gasteiger partial charge in [0.2, 0.25) is 0 Å². The van der Waals surface area contributed by atoms with Crippen molar-refractivity contribution >= 4 is 21.8 Å². The lowest BCUT2D eigenvalue weighted by molar-refractivity contribution is 1.18. The number of hydrogen-bond acceptors (Lipinski definition) is 4. The first-order chi connectivity index (χ1) is 21.3. The van der Waals surface area contributed by atoms with Crippen LogP contribution in [0, 0.1) is 0 Å². The minimum Gasteiger partial charge on any atom is -0.309 e. The fraction of sp³-hybridized carbons (Fsp3) is 0. The predicted octanol–water partition coefficient (Wildman–Crippen LogP) is 9.03. The third-order valence-electron chi connectivity index (χ3n) is 7.78. The van der Waals surface area contributed by atoms with E-state index >= 15 is 0 Å². The molecule has 0 radical (unpaired) electrons. The van der Waals surface area contributed by atoms with Crippen LogP contribution in [0.4, 0.5) is 0 Å². The highest BCUT2D eigenvalue weighted by Gasteiger charge is 2.16. The number of fused-ring (bicyclic) bond motifs is 3. The van der Waals surface area contributed by atoms with Crippen molar-refractivity contribution < 1.29 is 0 Å². The topological polar surface area (TPSA) is 56.5 Å². The number of pyridine rings is 4. The first-order valence-corrected chi connectivity index (χ1v) is 14.2. The predicted molar refractivity (Wildman–Crippen MR) is 174 cm³/mol. The van der Waals surface area contributed by atoms with E-state index in [1.807, 2.05) is 48.8 Å². The zero-order valence-electron chi connectivity index (χ0n) is 23.2. The molecule has 0 aliphatic carbocycles. The van der Waals surface area contributed by atoms with Crippen LogP contribution in [-0.4, -0.2) is 24.5 Å². The lowest BCUT2D eigenvalue weighted by Crippen LogP contribution is -1.93. The molecule has 43 heavy (non-hydrogen) atoms. The fourth-order valence-corrected chi connectivity index (χ4v) is 5.74. The van der Waals surface area contributed by atoms with Gasteiger partial charge in [-0.1, -0.05) is 42.5 Å². The second kappa shape index (κ2) is 10.5. The van der Waals surface area contributed by atoms with Gasteiger partial charge < -0.3 is 4.57 Å². The van der Waals surface area contributed by atoms with E-state index < -0.39 is 0 Å². The van der Waals surface area contributed by atoms with Crippen molar-refractivity contribution in [1.82, 2.24) is 24.5 Å². The van der Waals surface area contributed by atoms with Crippen molar-refractivity contribution in [3.05, 3.63) is 152 Å².